The second-order valence-corrected chi connectivity index (χ2v) is 3.12. The van der Waals surface area contributed by atoms with Crippen LogP contribution in [0.4, 0.5) is 0 Å². The Morgan fingerprint density at radius 1 is 1.07 bits per heavy atom. The Bertz CT molecular complexity index is 401. The number of hydrogen-bond donors (Lipinski definition) is 0. The predicted octanol–water partition coefficient (Wildman–Crippen LogP) is 2.91. The Hall–Kier alpha value is -1.64. The van der Waals surface area contributed by atoms with E-state index < -0.39 is 0 Å². The number of nitrogens with zero attached hydrogens (tertiary/aromatic N) is 3. The third-order valence-corrected chi connectivity index (χ3v) is 1.87. The molecule has 2 heterocycles. The summed E-state index contributed by atoms with van der Waals surface area (Å²) in [5, 5.41) is 0. The van der Waals surface area contributed by atoms with E-state index in [0.717, 1.165) is 11.5 Å². The maximum atomic E-state index is 4.28. The molecule has 2 aromatic heterocycles. The largest absolute Gasteiger partial charge is 0.290 e. The highest BCUT2D eigenvalue weighted by Crippen LogP contribution is 2.05. The zero-order valence-corrected chi connectivity index (χ0v) is 9.73. The lowest BCUT2D eigenvalue weighted by Crippen LogP contribution is -1.93. The zero-order chi connectivity index (χ0) is 11.3. The molecular formula is C12H17N3. The van der Waals surface area contributed by atoms with E-state index >= 15 is 0 Å². The summed E-state index contributed by atoms with van der Waals surface area (Å²) in [6, 6.07) is 4.02. The van der Waals surface area contributed by atoms with Crippen molar-refractivity contribution in [2.24, 2.45) is 0 Å². The summed E-state index contributed by atoms with van der Waals surface area (Å²) in [6.07, 6.45) is 5.58. The molecule has 3 heteroatoms. The van der Waals surface area contributed by atoms with Gasteiger partial charge in [0.15, 0.2) is 0 Å². The molecule has 0 fully saturated rings. The van der Waals surface area contributed by atoms with Gasteiger partial charge in [-0.25, -0.2) is 9.97 Å². The Morgan fingerprint density at radius 2 is 1.80 bits per heavy atom. The first-order valence-corrected chi connectivity index (χ1v) is 5.19. The van der Waals surface area contributed by atoms with Crippen LogP contribution in [0, 0.1) is 13.8 Å². The van der Waals surface area contributed by atoms with E-state index in [1.54, 1.807) is 6.33 Å². The molecule has 15 heavy (non-hydrogen) atoms. The molecule has 0 aliphatic rings. The van der Waals surface area contributed by atoms with Gasteiger partial charge in [-0.15, -0.1) is 0 Å². The molecule has 3 nitrogen and oxygen atoms in total. The minimum atomic E-state index is 0.909. The van der Waals surface area contributed by atoms with E-state index in [0.29, 0.717) is 0 Å². The highest BCUT2D eigenvalue weighted by atomic mass is 15.1. The molecule has 0 aliphatic heterocycles. The van der Waals surface area contributed by atoms with Crippen LogP contribution in [-0.4, -0.2) is 14.5 Å². The van der Waals surface area contributed by atoms with Gasteiger partial charge in [-0.1, -0.05) is 19.9 Å². The maximum Gasteiger partial charge on any atom is 0.137 e. The van der Waals surface area contributed by atoms with Crippen molar-refractivity contribution in [3.63, 3.8) is 0 Å². The summed E-state index contributed by atoms with van der Waals surface area (Å²) >= 11 is 0. The van der Waals surface area contributed by atoms with Gasteiger partial charge in [0.1, 0.15) is 12.1 Å². The van der Waals surface area contributed by atoms with Crippen LogP contribution in [0.15, 0.2) is 30.9 Å². The Labute approximate surface area is 90.8 Å². The van der Waals surface area contributed by atoms with Crippen LogP contribution in [0.1, 0.15) is 25.1 Å². The fourth-order valence-electron chi connectivity index (χ4n) is 1.16. The highest BCUT2D eigenvalue weighted by molar-refractivity contribution is 5.25. The molecular weight excluding hydrogens is 186 g/mol. The average Bonchev–Trinajstić information content (AvgIpc) is 2.69. The Kier molecular flexibility index (Phi) is 4.03. The van der Waals surface area contributed by atoms with Gasteiger partial charge in [0.05, 0.1) is 5.69 Å². The van der Waals surface area contributed by atoms with Crippen LogP contribution in [0.25, 0.3) is 5.82 Å². The topological polar surface area (TPSA) is 30.7 Å². The first-order valence-electron chi connectivity index (χ1n) is 5.19. The number of aryl methyl sites for hydroxylation is 2. The van der Waals surface area contributed by atoms with Gasteiger partial charge in [-0.05, 0) is 25.5 Å². The molecule has 0 spiro atoms. The van der Waals surface area contributed by atoms with Gasteiger partial charge >= 0.3 is 0 Å². The van der Waals surface area contributed by atoms with Crippen molar-refractivity contribution < 1.29 is 0 Å². The van der Waals surface area contributed by atoms with Crippen molar-refractivity contribution in [2.45, 2.75) is 27.7 Å². The van der Waals surface area contributed by atoms with Crippen LogP contribution in [0.5, 0.6) is 0 Å². The van der Waals surface area contributed by atoms with E-state index in [1.807, 2.05) is 56.8 Å². The highest BCUT2D eigenvalue weighted by Gasteiger charge is 1.97. The molecule has 0 radical (unpaired) electrons. The van der Waals surface area contributed by atoms with Gasteiger partial charge in [0.25, 0.3) is 0 Å². The summed E-state index contributed by atoms with van der Waals surface area (Å²) < 4.78 is 1.91. The first kappa shape index (κ1) is 11.4. The summed E-state index contributed by atoms with van der Waals surface area (Å²) in [5.74, 6) is 0.909. The molecule has 0 saturated heterocycles. The van der Waals surface area contributed by atoms with E-state index in [9.17, 15) is 0 Å². The molecule has 0 unspecified atom stereocenters. The van der Waals surface area contributed by atoms with Crippen LogP contribution in [0.3, 0.4) is 0 Å². The number of hydrogen-bond acceptors (Lipinski definition) is 2. The summed E-state index contributed by atoms with van der Waals surface area (Å²) in [7, 11) is 0. The van der Waals surface area contributed by atoms with Gasteiger partial charge in [-0.3, -0.25) is 4.57 Å². The molecule has 0 saturated carbocycles. The monoisotopic (exact) mass is 203 g/mol. The predicted molar refractivity (Wildman–Crippen MR) is 62.2 cm³/mol. The molecule has 0 bridgehead atoms. The summed E-state index contributed by atoms with van der Waals surface area (Å²) in [5.41, 5.74) is 2.17. The molecule has 0 aromatic carbocycles. The Morgan fingerprint density at radius 3 is 2.27 bits per heavy atom. The third-order valence-electron chi connectivity index (χ3n) is 1.87. The molecule has 0 aliphatic carbocycles. The minimum Gasteiger partial charge on any atom is -0.290 e. The quantitative estimate of drug-likeness (QED) is 0.713. The summed E-state index contributed by atoms with van der Waals surface area (Å²) in [6.45, 7) is 7.99. The molecule has 0 amide bonds. The number of pyridine rings is 1. The first-order chi connectivity index (χ1) is 7.25. The lowest BCUT2D eigenvalue weighted by atomic mass is 10.3. The van der Waals surface area contributed by atoms with Crippen molar-refractivity contribution in [3.8, 4) is 5.82 Å². The normalized spacial score (nSPS) is 9.33. The number of rotatable bonds is 1. The standard InChI is InChI=1S/C10H11N3.C2H6/c1-8-3-4-10(11-5-8)13-6-9(2)12-7-13;1-2/h3-7H,1-2H3;1-2H3. The van der Waals surface area contributed by atoms with E-state index in [-0.39, 0.29) is 0 Å². The fourth-order valence-corrected chi connectivity index (χ4v) is 1.16. The van der Waals surface area contributed by atoms with E-state index in [1.165, 1.54) is 5.56 Å². The molecule has 2 aromatic rings. The Balaban J connectivity index is 0.000000531. The molecule has 2 rings (SSSR count). The van der Waals surface area contributed by atoms with Crippen molar-refractivity contribution >= 4 is 0 Å². The van der Waals surface area contributed by atoms with Gasteiger partial charge in [0.2, 0.25) is 0 Å². The van der Waals surface area contributed by atoms with Crippen LogP contribution >= 0.6 is 0 Å². The lowest BCUT2D eigenvalue weighted by Gasteiger charge is -1.99. The third kappa shape index (κ3) is 2.91. The second-order valence-electron chi connectivity index (χ2n) is 3.12. The molecule has 80 valence electrons. The summed E-state index contributed by atoms with van der Waals surface area (Å²) in [4.78, 5) is 8.42. The molecule has 0 atom stereocenters. The SMILES string of the molecule is CC.Cc1ccc(-n2cnc(C)c2)nc1. The second kappa shape index (κ2) is 5.29. The zero-order valence-electron chi connectivity index (χ0n) is 9.73. The van der Waals surface area contributed by atoms with Gasteiger partial charge in [-0.2, -0.15) is 0 Å². The minimum absolute atomic E-state index is 0.909. The smallest absolute Gasteiger partial charge is 0.137 e. The van der Waals surface area contributed by atoms with Crippen LogP contribution < -0.4 is 0 Å². The van der Waals surface area contributed by atoms with E-state index in [4.69, 9.17) is 0 Å². The van der Waals surface area contributed by atoms with Crippen LogP contribution in [-0.2, 0) is 0 Å². The number of imidazole rings is 1. The van der Waals surface area contributed by atoms with Crippen molar-refractivity contribution in [1.82, 2.24) is 14.5 Å². The number of aromatic nitrogens is 3. The van der Waals surface area contributed by atoms with Crippen molar-refractivity contribution in [3.05, 3.63) is 42.1 Å². The van der Waals surface area contributed by atoms with Gasteiger partial charge in [0, 0.05) is 12.4 Å². The van der Waals surface area contributed by atoms with Crippen molar-refractivity contribution in [1.29, 1.82) is 0 Å². The average molecular weight is 203 g/mol. The fraction of sp³-hybridized carbons (Fsp3) is 0.333. The molecule has 0 N–H and O–H groups in total. The lowest BCUT2D eigenvalue weighted by molar-refractivity contribution is 0.988. The van der Waals surface area contributed by atoms with E-state index in [2.05, 4.69) is 9.97 Å². The maximum absolute atomic E-state index is 4.28. The van der Waals surface area contributed by atoms with Crippen molar-refractivity contribution in [2.75, 3.05) is 0 Å². The van der Waals surface area contributed by atoms with Crippen LogP contribution in [0.2, 0.25) is 0 Å². The van der Waals surface area contributed by atoms with Gasteiger partial charge < -0.3 is 0 Å².